The van der Waals surface area contributed by atoms with Gasteiger partial charge in [-0.3, -0.25) is 4.79 Å². The van der Waals surface area contributed by atoms with E-state index in [0.29, 0.717) is 17.2 Å². The van der Waals surface area contributed by atoms with Gasteiger partial charge in [0.25, 0.3) is 0 Å². The summed E-state index contributed by atoms with van der Waals surface area (Å²) in [5, 5.41) is 5.89. The first-order valence-corrected chi connectivity index (χ1v) is 7.54. The van der Waals surface area contributed by atoms with Crippen LogP contribution in [0.4, 0.5) is 10.1 Å². The molecule has 24 heavy (non-hydrogen) atoms. The third-order valence-corrected chi connectivity index (χ3v) is 3.61. The second kappa shape index (κ2) is 8.31. The van der Waals surface area contributed by atoms with E-state index in [9.17, 15) is 9.18 Å². The van der Waals surface area contributed by atoms with Crippen LogP contribution in [0.15, 0.2) is 42.5 Å². The van der Waals surface area contributed by atoms with E-state index in [4.69, 9.17) is 9.47 Å². The highest BCUT2D eigenvalue weighted by Gasteiger charge is 2.10. The maximum atomic E-state index is 12.9. The van der Waals surface area contributed by atoms with Crippen LogP contribution < -0.4 is 20.1 Å². The number of rotatable bonds is 7. The molecule has 0 bridgehead atoms. The van der Waals surface area contributed by atoms with Crippen LogP contribution in [0, 0.1) is 5.82 Å². The topological polar surface area (TPSA) is 59.6 Å². The van der Waals surface area contributed by atoms with Crippen molar-refractivity contribution in [2.75, 3.05) is 26.1 Å². The lowest BCUT2D eigenvalue weighted by Crippen LogP contribution is -2.30. The highest BCUT2D eigenvalue weighted by Crippen LogP contribution is 2.29. The zero-order chi connectivity index (χ0) is 17.5. The van der Waals surface area contributed by atoms with E-state index in [-0.39, 0.29) is 24.3 Å². The monoisotopic (exact) mass is 332 g/mol. The van der Waals surface area contributed by atoms with Crippen LogP contribution in [-0.4, -0.2) is 26.7 Å². The molecular formula is C18H21FN2O3. The largest absolute Gasteiger partial charge is 0.493 e. The zero-order valence-electron chi connectivity index (χ0n) is 13.9. The van der Waals surface area contributed by atoms with Crippen LogP contribution in [0.3, 0.4) is 0 Å². The van der Waals surface area contributed by atoms with Gasteiger partial charge in [0.15, 0.2) is 11.5 Å². The van der Waals surface area contributed by atoms with Crippen LogP contribution in [0.5, 0.6) is 11.5 Å². The predicted octanol–water partition coefficient (Wildman–Crippen LogP) is 3.13. The van der Waals surface area contributed by atoms with Crippen molar-refractivity contribution >= 4 is 11.6 Å². The molecule has 0 aliphatic heterocycles. The van der Waals surface area contributed by atoms with Gasteiger partial charge in [0, 0.05) is 17.8 Å². The van der Waals surface area contributed by atoms with Gasteiger partial charge >= 0.3 is 0 Å². The Balaban J connectivity index is 1.90. The second-order valence-corrected chi connectivity index (χ2v) is 5.27. The normalized spacial score (nSPS) is 11.7. The number of hydrogen-bond donors (Lipinski definition) is 2. The quantitative estimate of drug-likeness (QED) is 0.818. The highest BCUT2D eigenvalue weighted by atomic mass is 19.1. The third kappa shape index (κ3) is 4.70. The van der Waals surface area contributed by atoms with Crippen molar-refractivity contribution < 1.29 is 18.7 Å². The maximum Gasteiger partial charge on any atom is 0.238 e. The molecule has 1 unspecified atom stereocenters. The molecule has 0 spiro atoms. The van der Waals surface area contributed by atoms with Crippen molar-refractivity contribution in [1.82, 2.24) is 5.32 Å². The van der Waals surface area contributed by atoms with Crippen LogP contribution in [0.2, 0.25) is 0 Å². The first kappa shape index (κ1) is 17.7. The Morgan fingerprint density at radius 3 is 2.38 bits per heavy atom. The third-order valence-electron chi connectivity index (χ3n) is 3.61. The summed E-state index contributed by atoms with van der Waals surface area (Å²) in [4.78, 5) is 12.1. The number of benzene rings is 2. The summed E-state index contributed by atoms with van der Waals surface area (Å²) in [6, 6.07) is 11.3. The Kier molecular flexibility index (Phi) is 6.14. The van der Waals surface area contributed by atoms with Crippen LogP contribution in [0.25, 0.3) is 0 Å². The van der Waals surface area contributed by atoms with Gasteiger partial charge in [0.2, 0.25) is 5.91 Å². The van der Waals surface area contributed by atoms with E-state index in [1.54, 1.807) is 37.4 Å². The van der Waals surface area contributed by atoms with Crippen LogP contribution >= 0.6 is 0 Å². The molecule has 1 amide bonds. The van der Waals surface area contributed by atoms with E-state index >= 15 is 0 Å². The highest BCUT2D eigenvalue weighted by molar-refractivity contribution is 5.92. The fourth-order valence-electron chi connectivity index (χ4n) is 2.23. The molecule has 0 aliphatic carbocycles. The van der Waals surface area contributed by atoms with Gasteiger partial charge in [-0.1, -0.05) is 12.1 Å². The molecule has 0 saturated heterocycles. The Hall–Kier alpha value is -2.60. The zero-order valence-corrected chi connectivity index (χ0v) is 13.9. The lowest BCUT2D eigenvalue weighted by molar-refractivity contribution is -0.115. The van der Waals surface area contributed by atoms with E-state index in [1.807, 2.05) is 6.92 Å². The molecule has 0 fully saturated rings. The van der Waals surface area contributed by atoms with Gasteiger partial charge in [0.05, 0.1) is 20.8 Å². The number of carbonyl (C=O) groups is 1. The second-order valence-electron chi connectivity index (χ2n) is 5.27. The Bertz CT molecular complexity index is 689. The minimum absolute atomic E-state index is 0.0678. The van der Waals surface area contributed by atoms with Crippen molar-refractivity contribution in [2.45, 2.75) is 13.0 Å². The van der Waals surface area contributed by atoms with Gasteiger partial charge in [0.1, 0.15) is 5.82 Å². The van der Waals surface area contributed by atoms with Gasteiger partial charge in [-0.15, -0.1) is 0 Å². The van der Waals surface area contributed by atoms with Crippen LogP contribution in [0.1, 0.15) is 18.5 Å². The maximum absolute atomic E-state index is 12.9. The number of halogens is 1. The first-order valence-electron chi connectivity index (χ1n) is 7.54. The minimum atomic E-state index is -0.280. The van der Waals surface area contributed by atoms with Crippen molar-refractivity contribution in [3.05, 3.63) is 53.8 Å². The molecule has 0 saturated carbocycles. The van der Waals surface area contributed by atoms with E-state index in [1.165, 1.54) is 19.2 Å². The molecular weight excluding hydrogens is 311 g/mol. The standard InChI is InChI=1S/C18H21FN2O3/c1-12(13-4-6-14(19)7-5-13)20-11-18(22)21-15-8-9-16(23-2)17(10-15)24-3/h4-10,12,20H,11H2,1-3H3,(H,21,22). The number of methoxy groups -OCH3 is 2. The first-order chi connectivity index (χ1) is 11.5. The molecule has 2 N–H and O–H groups in total. The molecule has 2 rings (SSSR count). The van der Waals surface area contributed by atoms with Crippen molar-refractivity contribution in [3.63, 3.8) is 0 Å². The fraction of sp³-hybridized carbons (Fsp3) is 0.278. The Labute approximate surface area is 140 Å². The van der Waals surface area contributed by atoms with Crippen molar-refractivity contribution in [3.8, 4) is 11.5 Å². The summed E-state index contributed by atoms with van der Waals surface area (Å²) in [5.41, 5.74) is 1.53. The summed E-state index contributed by atoms with van der Waals surface area (Å²) in [7, 11) is 3.09. The Morgan fingerprint density at radius 1 is 1.08 bits per heavy atom. The average Bonchev–Trinajstić information content (AvgIpc) is 2.60. The average molecular weight is 332 g/mol. The summed E-state index contributed by atoms with van der Waals surface area (Å²) in [5.74, 6) is 0.676. The summed E-state index contributed by atoms with van der Waals surface area (Å²) >= 11 is 0. The minimum Gasteiger partial charge on any atom is -0.493 e. The molecule has 2 aromatic rings. The van der Waals surface area contributed by atoms with E-state index in [0.717, 1.165) is 5.56 Å². The SMILES string of the molecule is COc1ccc(NC(=O)CNC(C)c2ccc(F)cc2)cc1OC. The number of hydrogen-bond acceptors (Lipinski definition) is 4. The fourth-order valence-corrected chi connectivity index (χ4v) is 2.23. The molecule has 0 aromatic heterocycles. The number of nitrogens with one attached hydrogen (secondary N) is 2. The Morgan fingerprint density at radius 2 is 1.75 bits per heavy atom. The number of anilines is 1. The molecule has 2 aromatic carbocycles. The molecule has 5 nitrogen and oxygen atoms in total. The van der Waals surface area contributed by atoms with Crippen molar-refractivity contribution in [2.24, 2.45) is 0 Å². The molecule has 128 valence electrons. The summed E-state index contributed by atoms with van der Waals surface area (Å²) in [6.07, 6.45) is 0. The van der Waals surface area contributed by atoms with E-state index < -0.39 is 0 Å². The molecule has 0 radical (unpaired) electrons. The van der Waals surface area contributed by atoms with Gasteiger partial charge in [-0.25, -0.2) is 4.39 Å². The van der Waals surface area contributed by atoms with Gasteiger partial charge in [-0.2, -0.15) is 0 Å². The number of amides is 1. The molecule has 1 atom stereocenters. The van der Waals surface area contributed by atoms with Crippen molar-refractivity contribution in [1.29, 1.82) is 0 Å². The smallest absolute Gasteiger partial charge is 0.238 e. The lowest BCUT2D eigenvalue weighted by Gasteiger charge is -2.15. The van der Waals surface area contributed by atoms with Gasteiger partial charge in [-0.05, 0) is 36.8 Å². The summed E-state index contributed by atoms with van der Waals surface area (Å²) < 4.78 is 23.3. The van der Waals surface area contributed by atoms with Crippen LogP contribution in [-0.2, 0) is 4.79 Å². The van der Waals surface area contributed by atoms with E-state index in [2.05, 4.69) is 10.6 Å². The van der Waals surface area contributed by atoms with Gasteiger partial charge < -0.3 is 20.1 Å². The number of ether oxygens (including phenoxy) is 2. The molecule has 0 heterocycles. The lowest BCUT2D eigenvalue weighted by atomic mass is 10.1. The predicted molar refractivity (Wildman–Crippen MR) is 91.0 cm³/mol. The molecule has 0 aliphatic rings. The summed E-state index contributed by atoms with van der Waals surface area (Å²) in [6.45, 7) is 2.05. The number of carbonyl (C=O) groups excluding carboxylic acids is 1. The molecule has 6 heteroatoms.